The molecule has 29 heavy (non-hydrogen) atoms. The SMILES string of the molecule is CC(C)n1ncc2cc(NC(=O)c3ccc(Cl)c(S(=O)(=O)NC4CC4)c3)cnc21. The molecule has 2 heterocycles. The van der Waals surface area contributed by atoms with E-state index in [0.29, 0.717) is 5.69 Å². The lowest BCUT2D eigenvalue weighted by molar-refractivity contribution is 0.102. The lowest BCUT2D eigenvalue weighted by Gasteiger charge is -2.10. The van der Waals surface area contributed by atoms with Gasteiger partial charge in [0.1, 0.15) is 4.90 Å². The zero-order chi connectivity index (χ0) is 20.8. The van der Waals surface area contributed by atoms with Crippen molar-refractivity contribution in [3.8, 4) is 0 Å². The number of amides is 1. The van der Waals surface area contributed by atoms with Crippen LogP contribution in [0.15, 0.2) is 41.6 Å². The molecule has 0 unspecified atom stereocenters. The first-order chi connectivity index (χ1) is 13.7. The van der Waals surface area contributed by atoms with Crippen molar-refractivity contribution in [2.45, 2.75) is 43.7 Å². The predicted octanol–water partition coefficient (Wildman–Crippen LogP) is 3.36. The summed E-state index contributed by atoms with van der Waals surface area (Å²) in [6.07, 6.45) is 4.84. The summed E-state index contributed by atoms with van der Waals surface area (Å²) in [4.78, 5) is 16.9. The van der Waals surface area contributed by atoms with Gasteiger partial charge in [-0.15, -0.1) is 0 Å². The number of pyridine rings is 1. The number of hydrogen-bond acceptors (Lipinski definition) is 5. The van der Waals surface area contributed by atoms with Crippen LogP contribution in [0, 0.1) is 0 Å². The molecule has 0 aliphatic heterocycles. The minimum absolute atomic E-state index is 0.0573. The zero-order valence-electron chi connectivity index (χ0n) is 15.9. The van der Waals surface area contributed by atoms with Gasteiger partial charge in [-0.2, -0.15) is 5.10 Å². The highest BCUT2D eigenvalue weighted by Crippen LogP contribution is 2.27. The number of hydrogen-bond donors (Lipinski definition) is 2. The fourth-order valence-corrected chi connectivity index (χ4v) is 4.75. The van der Waals surface area contributed by atoms with Crippen LogP contribution in [-0.2, 0) is 10.0 Å². The number of halogens is 1. The molecule has 1 saturated carbocycles. The number of nitrogens with zero attached hydrogens (tertiary/aromatic N) is 3. The lowest BCUT2D eigenvalue weighted by Crippen LogP contribution is -2.26. The molecule has 8 nitrogen and oxygen atoms in total. The molecule has 10 heteroatoms. The normalized spacial score (nSPS) is 14.5. The summed E-state index contributed by atoms with van der Waals surface area (Å²) in [5.41, 5.74) is 1.40. The predicted molar refractivity (Wildman–Crippen MR) is 111 cm³/mol. The average Bonchev–Trinajstić information content (AvgIpc) is 3.35. The number of fused-ring (bicyclic) bond motifs is 1. The van der Waals surface area contributed by atoms with Crippen LogP contribution in [0.25, 0.3) is 11.0 Å². The molecule has 2 aromatic heterocycles. The van der Waals surface area contributed by atoms with Crippen LogP contribution in [0.3, 0.4) is 0 Å². The van der Waals surface area contributed by atoms with Crippen molar-refractivity contribution in [2.24, 2.45) is 0 Å². The quantitative estimate of drug-likeness (QED) is 0.620. The highest BCUT2D eigenvalue weighted by molar-refractivity contribution is 7.89. The second-order valence-electron chi connectivity index (χ2n) is 7.31. The van der Waals surface area contributed by atoms with E-state index in [9.17, 15) is 13.2 Å². The van der Waals surface area contributed by atoms with Gasteiger partial charge in [0.2, 0.25) is 10.0 Å². The fourth-order valence-electron chi connectivity index (χ4n) is 2.92. The van der Waals surface area contributed by atoms with Gasteiger partial charge < -0.3 is 5.32 Å². The van der Waals surface area contributed by atoms with Gasteiger partial charge in [0.05, 0.1) is 23.1 Å². The van der Waals surface area contributed by atoms with E-state index < -0.39 is 15.9 Å². The molecular weight excluding hydrogens is 414 g/mol. The number of benzene rings is 1. The zero-order valence-corrected chi connectivity index (χ0v) is 17.5. The molecule has 3 aromatic rings. The number of carbonyl (C=O) groups excluding carboxylic acids is 1. The molecule has 0 spiro atoms. The highest BCUT2D eigenvalue weighted by Gasteiger charge is 2.29. The standard InChI is InChI=1S/C19H20ClN5O3S/c1-11(2)25-18-13(9-22-25)7-15(10-21-18)23-19(26)12-3-6-16(20)17(8-12)29(27,28)24-14-4-5-14/h3,6-11,14,24H,4-5H2,1-2H3,(H,23,26). The Bertz CT molecular complexity index is 1200. The number of anilines is 1. The number of rotatable bonds is 6. The Balaban J connectivity index is 1.58. The summed E-state index contributed by atoms with van der Waals surface area (Å²) < 4.78 is 29.4. The van der Waals surface area contributed by atoms with Crippen LogP contribution in [0.2, 0.25) is 5.02 Å². The van der Waals surface area contributed by atoms with Gasteiger partial charge in [-0.3, -0.25) is 4.79 Å². The van der Waals surface area contributed by atoms with Crippen LogP contribution < -0.4 is 10.0 Å². The molecule has 1 aliphatic carbocycles. The number of nitrogens with one attached hydrogen (secondary N) is 2. The van der Waals surface area contributed by atoms with Gasteiger partial charge in [0.25, 0.3) is 5.91 Å². The topological polar surface area (TPSA) is 106 Å². The summed E-state index contributed by atoms with van der Waals surface area (Å²) in [6, 6.07) is 6.06. The summed E-state index contributed by atoms with van der Waals surface area (Å²) in [7, 11) is -3.78. The summed E-state index contributed by atoms with van der Waals surface area (Å²) in [5, 5.41) is 7.91. The minimum atomic E-state index is -3.78. The van der Waals surface area contributed by atoms with E-state index in [-0.39, 0.29) is 27.6 Å². The van der Waals surface area contributed by atoms with Crippen LogP contribution in [0.4, 0.5) is 5.69 Å². The summed E-state index contributed by atoms with van der Waals surface area (Å²) >= 11 is 6.07. The van der Waals surface area contributed by atoms with E-state index in [2.05, 4.69) is 20.1 Å². The molecular formula is C19H20ClN5O3S. The lowest BCUT2D eigenvalue weighted by atomic mass is 10.2. The molecule has 1 aromatic carbocycles. The van der Waals surface area contributed by atoms with Gasteiger partial charge in [-0.1, -0.05) is 11.6 Å². The first-order valence-corrected chi connectivity index (χ1v) is 11.1. The van der Waals surface area contributed by atoms with E-state index >= 15 is 0 Å². The summed E-state index contributed by atoms with van der Waals surface area (Å²) in [5.74, 6) is -0.457. The van der Waals surface area contributed by atoms with E-state index in [1.165, 1.54) is 18.2 Å². The van der Waals surface area contributed by atoms with Crippen LogP contribution >= 0.6 is 11.6 Å². The molecule has 1 fully saturated rings. The van der Waals surface area contributed by atoms with Crippen molar-refractivity contribution in [3.63, 3.8) is 0 Å². The fraction of sp³-hybridized carbons (Fsp3) is 0.316. The number of aromatic nitrogens is 3. The Kier molecular flexibility index (Phi) is 5.05. The second-order valence-corrected chi connectivity index (χ2v) is 9.40. The van der Waals surface area contributed by atoms with E-state index in [0.717, 1.165) is 23.9 Å². The maximum Gasteiger partial charge on any atom is 0.255 e. The van der Waals surface area contributed by atoms with E-state index in [1.54, 1.807) is 23.1 Å². The molecule has 0 radical (unpaired) electrons. The van der Waals surface area contributed by atoms with Gasteiger partial charge in [0.15, 0.2) is 5.65 Å². The molecule has 0 saturated heterocycles. The van der Waals surface area contributed by atoms with Crippen molar-refractivity contribution >= 4 is 44.3 Å². The molecule has 1 aliphatic rings. The monoisotopic (exact) mass is 433 g/mol. The molecule has 0 atom stereocenters. The third-order valence-electron chi connectivity index (χ3n) is 4.56. The average molecular weight is 434 g/mol. The Morgan fingerprint density at radius 1 is 1.24 bits per heavy atom. The van der Waals surface area contributed by atoms with Crippen molar-refractivity contribution in [1.29, 1.82) is 0 Å². The van der Waals surface area contributed by atoms with E-state index in [4.69, 9.17) is 11.6 Å². The Morgan fingerprint density at radius 3 is 2.69 bits per heavy atom. The summed E-state index contributed by atoms with van der Waals surface area (Å²) in [6.45, 7) is 4.02. The first-order valence-electron chi connectivity index (χ1n) is 9.21. The van der Waals surface area contributed by atoms with Crippen molar-refractivity contribution < 1.29 is 13.2 Å². The Hall–Kier alpha value is -2.49. The van der Waals surface area contributed by atoms with E-state index in [1.807, 2.05) is 13.8 Å². The smallest absolute Gasteiger partial charge is 0.255 e. The van der Waals surface area contributed by atoms with Crippen molar-refractivity contribution in [1.82, 2.24) is 19.5 Å². The molecule has 152 valence electrons. The Morgan fingerprint density at radius 2 is 2.00 bits per heavy atom. The third kappa shape index (κ3) is 4.12. The van der Waals surface area contributed by atoms with Crippen LogP contribution in [-0.4, -0.2) is 35.1 Å². The molecule has 1 amide bonds. The molecule has 0 bridgehead atoms. The third-order valence-corrected chi connectivity index (χ3v) is 6.56. The minimum Gasteiger partial charge on any atom is -0.321 e. The largest absolute Gasteiger partial charge is 0.321 e. The van der Waals surface area contributed by atoms with Crippen LogP contribution in [0.5, 0.6) is 0 Å². The van der Waals surface area contributed by atoms with Gasteiger partial charge in [-0.25, -0.2) is 22.8 Å². The number of sulfonamides is 1. The highest BCUT2D eigenvalue weighted by atomic mass is 35.5. The van der Waals surface area contributed by atoms with Gasteiger partial charge >= 0.3 is 0 Å². The van der Waals surface area contributed by atoms with Crippen molar-refractivity contribution in [3.05, 3.63) is 47.2 Å². The number of carbonyl (C=O) groups is 1. The maximum absolute atomic E-state index is 12.7. The van der Waals surface area contributed by atoms with Gasteiger partial charge in [-0.05, 0) is 51.0 Å². The second kappa shape index (κ2) is 7.40. The molecule has 2 N–H and O–H groups in total. The molecule has 4 rings (SSSR count). The first kappa shape index (κ1) is 19.8. The Labute approximate surface area is 173 Å². The van der Waals surface area contributed by atoms with Crippen LogP contribution in [0.1, 0.15) is 43.1 Å². The van der Waals surface area contributed by atoms with Gasteiger partial charge in [0, 0.05) is 23.0 Å². The van der Waals surface area contributed by atoms with Crippen molar-refractivity contribution in [2.75, 3.05) is 5.32 Å². The maximum atomic E-state index is 12.7.